The van der Waals surface area contributed by atoms with Gasteiger partial charge in [0.05, 0.1) is 6.54 Å². The second-order valence-electron chi connectivity index (χ2n) is 6.74. The number of hydrogen-bond acceptors (Lipinski definition) is 2. The Hall–Kier alpha value is -2.44. The van der Waals surface area contributed by atoms with Gasteiger partial charge in [-0.1, -0.05) is 45.0 Å². The van der Waals surface area contributed by atoms with E-state index in [9.17, 15) is 8.78 Å². The topological polar surface area (TPSA) is 54.2 Å². The second kappa shape index (κ2) is 8.78. The minimum atomic E-state index is -2.60. The van der Waals surface area contributed by atoms with E-state index >= 15 is 0 Å². The molecular formula is C19H27F2N5. The van der Waals surface area contributed by atoms with Crippen LogP contribution in [0.25, 0.3) is 0 Å². The van der Waals surface area contributed by atoms with Crippen LogP contribution in [0.1, 0.15) is 44.3 Å². The molecule has 1 aromatic carbocycles. The van der Waals surface area contributed by atoms with Crippen LogP contribution in [0, 0.1) is 0 Å². The van der Waals surface area contributed by atoms with Gasteiger partial charge < -0.3 is 10.6 Å². The highest BCUT2D eigenvalue weighted by Crippen LogP contribution is 2.22. The van der Waals surface area contributed by atoms with E-state index in [1.807, 2.05) is 0 Å². The molecule has 0 spiro atoms. The quantitative estimate of drug-likeness (QED) is 0.585. The maximum Gasteiger partial charge on any atom is 0.319 e. The van der Waals surface area contributed by atoms with Crippen molar-refractivity contribution >= 4 is 5.96 Å². The summed E-state index contributed by atoms with van der Waals surface area (Å²) in [5, 5.41) is 6.29. The SMILES string of the molecule is CCc1ccc(C(C)(C)CNC(=NC)NCc2nccn2C(F)F)cc1. The molecule has 142 valence electrons. The lowest BCUT2D eigenvalue weighted by molar-refractivity contribution is 0.0668. The fraction of sp³-hybridized carbons (Fsp3) is 0.474. The summed E-state index contributed by atoms with van der Waals surface area (Å²) in [6.07, 6.45) is 3.65. The van der Waals surface area contributed by atoms with Crippen molar-refractivity contribution in [2.45, 2.75) is 45.7 Å². The highest BCUT2D eigenvalue weighted by atomic mass is 19.3. The van der Waals surface area contributed by atoms with E-state index < -0.39 is 6.55 Å². The average Bonchev–Trinajstić information content (AvgIpc) is 3.11. The third-order valence-corrected chi connectivity index (χ3v) is 4.44. The molecule has 0 radical (unpaired) electrons. The van der Waals surface area contributed by atoms with Gasteiger partial charge in [0.1, 0.15) is 5.82 Å². The summed E-state index contributed by atoms with van der Waals surface area (Å²) >= 11 is 0. The van der Waals surface area contributed by atoms with E-state index in [2.05, 4.69) is 65.6 Å². The Balaban J connectivity index is 1.93. The molecule has 0 aliphatic heterocycles. The van der Waals surface area contributed by atoms with Crippen molar-refractivity contribution < 1.29 is 8.78 Å². The molecule has 1 heterocycles. The molecule has 0 saturated carbocycles. The summed E-state index contributed by atoms with van der Waals surface area (Å²) in [5.41, 5.74) is 2.43. The Kier molecular flexibility index (Phi) is 6.71. The maximum atomic E-state index is 12.9. The van der Waals surface area contributed by atoms with E-state index in [1.165, 1.54) is 23.5 Å². The Morgan fingerprint density at radius 1 is 1.23 bits per heavy atom. The third-order valence-electron chi connectivity index (χ3n) is 4.44. The number of aliphatic imine (C=N–C) groups is 1. The molecule has 1 aromatic heterocycles. The number of rotatable bonds is 7. The summed E-state index contributed by atoms with van der Waals surface area (Å²) < 4.78 is 26.6. The first kappa shape index (κ1) is 19.9. The van der Waals surface area contributed by atoms with Gasteiger partial charge in [0.15, 0.2) is 5.96 Å². The van der Waals surface area contributed by atoms with E-state index in [1.54, 1.807) is 7.05 Å². The molecule has 0 atom stereocenters. The third kappa shape index (κ3) is 5.03. The molecule has 5 nitrogen and oxygen atoms in total. The van der Waals surface area contributed by atoms with Gasteiger partial charge in [-0.3, -0.25) is 9.56 Å². The summed E-state index contributed by atoms with van der Waals surface area (Å²) in [6, 6.07) is 8.59. The van der Waals surface area contributed by atoms with Crippen LogP contribution in [0.5, 0.6) is 0 Å². The Labute approximate surface area is 153 Å². The summed E-state index contributed by atoms with van der Waals surface area (Å²) in [7, 11) is 1.65. The first-order chi connectivity index (χ1) is 12.4. The van der Waals surface area contributed by atoms with Gasteiger partial charge in [0.2, 0.25) is 0 Å². The molecule has 2 rings (SSSR count). The maximum absolute atomic E-state index is 12.9. The molecule has 0 aliphatic carbocycles. The lowest BCUT2D eigenvalue weighted by atomic mass is 9.84. The zero-order valence-electron chi connectivity index (χ0n) is 15.8. The van der Waals surface area contributed by atoms with Crippen LogP contribution in [-0.4, -0.2) is 29.1 Å². The first-order valence-corrected chi connectivity index (χ1v) is 8.71. The predicted octanol–water partition coefficient (Wildman–Crippen LogP) is 3.48. The van der Waals surface area contributed by atoms with Crippen LogP contribution in [0.2, 0.25) is 0 Å². The lowest BCUT2D eigenvalue weighted by Gasteiger charge is -2.27. The highest BCUT2D eigenvalue weighted by Gasteiger charge is 2.21. The zero-order valence-corrected chi connectivity index (χ0v) is 15.8. The number of guanidine groups is 1. The number of imidazole rings is 1. The fourth-order valence-corrected chi connectivity index (χ4v) is 2.64. The number of hydrogen-bond donors (Lipinski definition) is 2. The normalized spacial score (nSPS) is 12.5. The van der Waals surface area contributed by atoms with Gasteiger partial charge in [0, 0.05) is 31.4 Å². The van der Waals surface area contributed by atoms with Crippen molar-refractivity contribution in [2.24, 2.45) is 4.99 Å². The molecule has 0 amide bonds. The van der Waals surface area contributed by atoms with Gasteiger partial charge in [-0.05, 0) is 17.5 Å². The van der Waals surface area contributed by atoms with Gasteiger partial charge in [-0.15, -0.1) is 0 Å². The van der Waals surface area contributed by atoms with Crippen molar-refractivity contribution in [3.63, 3.8) is 0 Å². The molecule has 0 bridgehead atoms. The summed E-state index contributed by atoms with van der Waals surface area (Å²) in [4.78, 5) is 8.11. The van der Waals surface area contributed by atoms with Crippen molar-refractivity contribution in [3.05, 3.63) is 53.6 Å². The standard InChI is InChI=1S/C19H27F2N5/c1-5-14-6-8-15(9-7-14)19(2,3)13-25-18(22-4)24-12-16-23-10-11-26(16)17(20)21/h6-11,17H,5,12-13H2,1-4H3,(H2,22,24,25). The zero-order chi connectivity index (χ0) is 19.2. The monoisotopic (exact) mass is 363 g/mol. The van der Waals surface area contributed by atoms with Crippen LogP contribution in [0.4, 0.5) is 8.78 Å². The lowest BCUT2D eigenvalue weighted by Crippen LogP contribution is -2.43. The molecule has 0 saturated heterocycles. The van der Waals surface area contributed by atoms with Crippen molar-refractivity contribution in [1.82, 2.24) is 20.2 Å². The predicted molar refractivity (Wildman–Crippen MR) is 101 cm³/mol. The smallest absolute Gasteiger partial charge is 0.319 e. The number of benzene rings is 1. The minimum absolute atomic E-state index is 0.106. The average molecular weight is 363 g/mol. The fourth-order valence-electron chi connectivity index (χ4n) is 2.64. The number of halogens is 2. The van der Waals surface area contributed by atoms with Crippen LogP contribution >= 0.6 is 0 Å². The summed E-state index contributed by atoms with van der Waals surface area (Å²) in [5.74, 6) is 0.810. The van der Waals surface area contributed by atoms with Gasteiger partial charge in [-0.25, -0.2) is 4.98 Å². The van der Waals surface area contributed by atoms with Crippen LogP contribution in [-0.2, 0) is 18.4 Å². The molecule has 2 N–H and O–H groups in total. The van der Waals surface area contributed by atoms with Crippen molar-refractivity contribution in [3.8, 4) is 0 Å². The van der Waals surface area contributed by atoms with Gasteiger partial charge >= 0.3 is 6.55 Å². The molecule has 7 heteroatoms. The molecule has 26 heavy (non-hydrogen) atoms. The number of nitrogens with zero attached hydrogens (tertiary/aromatic N) is 3. The largest absolute Gasteiger partial charge is 0.356 e. The van der Waals surface area contributed by atoms with Crippen LogP contribution in [0.3, 0.4) is 0 Å². The molecule has 2 aromatic rings. The van der Waals surface area contributed by atoms with Crippen molar-refractivity contribution in [2.75, 3.05) is 13.6 Å². The molecule has 0 aliphatic rings. The van der Waals surface area contributed by atoms with Gasteiger partial charge in [0.25, 0.3) is 0 Å². The van der Waals surface area contributed by atoms with Crippen LogP contribution < -0.4 is 10.6 Å². The Bertz CT molecular complexity index is 720. The van der Waals surface area contributed by atoms with E-state index in [4.69, 9.17) is 0 Å². The number of aryl methyl sites for hydroxylation is 1. The Morgan fingerprint density at radius 3 is 2.50 bits per heavy atom. The van der Waals surface area contributed by atoms with Crippen LogP contribution in [0.15, 0.2) is 41.7 Å². The molecule has 0 unspecified atom stereocenters. The number of aromatic nitrogens is 2. The second-order valence-corrected chi connectivity index (χ2v) is 6.74. The van der Waals surface area contributed by atoms with E-state index in [0.717, 1.165) is 11.0 Å². The molecular weight excluding hydrogens is 336 g/mol. The highest BCUT2D eigenvalue weighted by molar-refractivity contribution is 5.79. The first-order valence-electron chi connectivity index (χ1n) is 8.71. The van der Waals surface area contributed by atoms with Gasteiger partial charge in [-0.2, -0.15) is 8.78 Å². The number of nitrogens with one attached hydrogen (secondary N) is 2. The number of alkyl halides is 2. The van der Waals surface area contributed by atoms with E-state index in [-0.39, 0.29) is 17.8 Å². The minimum Gasteiger partial charge on any atom is -0.356 e. The molecule has 0 fully saturated rings. The van der Waals surface area contributed by atoms with Crippen molar-refractivity contribution in [1.29, 1.82) is 0 Å². The summed E-state index contributed by atoms with van der Waals surface area (Å²) in [6.45, 7) is 4.66. The Morgan fingerprint density at radius 2 is 1.92 bits per heavy atom. The van der Waals surface area contributed by atoms with E-state index in [0.29, 0.717) is 12.5 Å².